The van der Waals surface area contributed by atoms with E-state index in [9.17, 15) is 9.59 Å². The number of rotatable bonds is 5. The minimum Gasteiger partial charge on any atom is -0.412 e. The first-order valence-corrected chi connectivity index (χ1v) is 11.1. The van der Waals surface area contributed by atoms with Crippen molar-refractivity contribution in [1.29, 1.82) is 0 Å². The molecule has 9 nitrogen and oxygen atoms in total. The van der Waals surface area contributed by atoms with Gasteiger partial charge in [0.25, 0.3) is 0 Å². The number of carbonyl (C=O) groups is 1. The molecule has 1 aromatic heterocycles. The molecule has 0 bridgehead atoms. The van der Waals surface area contributed by atoms with Crippen LogP contribution in [0.15, 0.2) is 53.3 Å². The van der Waals surface area contributed by atoms with Crippen molar-refractivity contribution in [1.82, 2.24) is 14.5 Å². The van der Waals surface area contributed by atoms with Crippen molar-refractivity contribution in [2.75, 3.05) is 31.6 Å². The van der Waals surface area contributed by atoms with Gasteiger partial charge in [-0.05, 0) is 12.1 Å². The number of carbonyl (C=O) groups excluding carboxylic acids is 1. The molecule has 32 heavy (non-hydrogen) atoms. The number of nitrogens with one attached hydrogen (secondary N) is 1. The van der Waals surface area contributed by atoms with Crippen LogP contribution in [0.2, 0.25) is 0 Å². The van der Waals surface area contributed by atoms with E-state index in [0.29, 0.717) is 6.42 Å². The number of para-hydroxylation sites is 2. The molecule has 1 saturated heterocycles. The fourth-order valence-corrected chi connectivity index (χ4v) is 4.44. The Balaban J connectivity index is 0.00000171. The molecule has 173 valence electrons. The molecule has 2 heterocycles. The minimum absolute atomic E-state index is 0. The van der Waals surface area contributed by atoms with E-state index in [1.807, 2.05) is 76.7 Å². The van der Waals surface area contributed by atoms with Gasteiger partial charge in [-0.15, -0.1) is 0 Å². The number of hydrogen-bond acceptors (Lipinski definition) is 3. The van der Waals surface area contributed by atoms with E-state index in [0.717, 1.165) is 49.2 Å². The predicted octanol–water partition coefficient (Wildman–Crippen LogP) is -0.661. The average Bonchev–Trinajstić information content (AvgIpc) is 3.08. The van der Waals surface area contributed by atoms with Gasteiger partial charge in [-0.25, -0.2) is 4.79 Å². The Kier molecular flexibility index (Phi) is 10.3. The third-order valence-electron chi connectivity index (χ3n) is 5.82. The molecular weight excluding hydrogens is 473 g/mol. The van der Waals surface area contributed by atoms with Gasteiger partial charge in [0.05, 0.1) is 11.0 Å². The largest absolute Gasteiger partial charge is 0.412 e. The van der Waals surface area contributed by atoms with Crippen LogP contribution in [0.1, 0.15) is 25.3 Å². The minimum atomic E-state index is -0.0282. The first-order chi connectivity index (χ1) is 14.0. The van der Waals surface area contributed by atoms with Gasteiger partial charge in [-0.3, -0.25) is 4.57 Å². The maximum atomic E-state index is 12.6. The molecule has 0 atom stereocenters. The molecule has 10 heteroatoms. The van der Waals surface area contributed by atoms with Crippen LogP contribution in [0.5, 0.6) is 0 Å². The summed E-state index contributed by atoms with van der Waals surface area (Å²) >= 11 is 2.04. The summed E-state index contributed by atoms with van der Waals surface area (Å²) in [5.41, 5.74) is 2.77. The van der Waals surface area contributed by atoms with Gasteiger partial charge in [0, 0.05) is 0 Å². The van der Waals surface area contributed by atoms with E-state index in [-0.39, 0.29) is 34.1 Å². The molecule has 7 N–H and O–H groups in total. The fourth-order valence-electron chi connectivity index (χ4n) is 4.09. The van der Waals surface area contributed by atoms with E-state index >= 15 is 0 Å². The summed E-state index contributed by atoms with van der Waals surface area (Å²) in [7, 11) is 1.84. The third kappa shape index (κ3) is 5.87. The number of anilines is 1. The summed E-state index contributed by atoms with van der Waals surface area (Å²) < 4.78 is 3.09. The first kappa shape index (κ1) is 27.6. The summed E-state index contributed by atoms with van der Waals surface area (Å²) in [4.78, 5) is 32.0. The molecule has 4 rings (SSSR count). The van der Waals surface area contributed by atoms with Gasteiger partial charge < -0.3 is 21.4 Å². The Morgan fingerprint density at radius 3 is 2.34 bits per heavy atom. The number of H-pyrrole nitrogens is 1. The molecule has 1 fully saturated rings. The van der Waals surface area contributed by atoms with Crippen LogP contribution >= 0.6 is 0 Å². The van der Waals surface area contributed by atoms with Crippen LogP contribution in [0, 0.1) is 0 Å². The molecule has 0 aliphatic carbocycles. The van der Waals surface area contributed by atoms with Gasteiger partial charge in [0.2, 0.25) is 0 Å². The van der Waals surface area contributed by atoms with E-state index in [4.69, 9.17) is 0 Å². The van der Waals surface area contributed by atoms with Crippen molar-refractivity contribution in [3.63, 3.8) is 0 Å². The van der Waals surface area contributed by atoms with Crippen molar-refractivity contribution in [2.24, 2.45) is 0 Å². The second kappa shape index (κ2) is 12.0. The molecule has 0 unspecified atom stereocenters. The Morgan fingerprint density at radius 2 is 1.69 bits per heavy atom. The van der Waals surface area contributed by atoms with Crippen molar-refractivity contribution >= 4 is 43.5 Å². The number of nitrogens with zero attached hydrogens (tertiary/aromatic N) is 3. The van der Waals surface area contributed by atoms with Gasteiger partial charge >= 0.3 is 129 Å². The summed E-state index contributed by atoms with van der Waals surface area (Å²) in [5.74, 6) is 0.129. The quantitative estimate of drug-likeness (QED) is 0.459. The van der Waals surface area contributed by atoms with Crippen LogP contribution in [0.3, 0.4) is 0 Å². The molecule has 0 spiro atoms. The van der Waals surface area contributed by atoms with Gasteiger partial charge in [-0.2, -0.15) is 0 Å². The summed E-state index contributed by atoms with van der Waals surface area (Å²) in [6, 6.07) is 16.1. The maximum absolute atomic E-state index is 12.6. The van der Waals surface area contributed by atoms with Crippen molar-refractivity contribution < 1.29 is 21.2 Å². The SMILES string of the molecule is CN(C(=O)CCN1CCC(n2c(=O)[nH]c3ccccc32)CC1)c1cc[c]([Ge])cc1.O.O.O. The number of amides is 1. The number of aromatic amines is 1. The number of likely N-dealkylation sites (tertiary alicyclic amines) is 1. The number of imidazole rings is 1. The molecule has 1 aliphatic heterocycles. The zero-order valence-corrected chi connectivity index (χ0v) is 20.2. The second-order valence-corrected chi connectivity index (χ2v) is 8.85. The average molecular weight is 504 g/mol. The number of hydrogen-bond donors (Lipinski definition) is 1. The number of benzene rings is 2. The van der Waals surface area contributed by atoms with E-state index < -0.39 is 0 Å². The zero-order valence-electron chi connectivity index (χ0n) is 18.1. The zero-order chi connectivity index (χ0) is 20.4. The number of aromatic nitrogens is 2. The van der Waals surface area contributed by atoms with Crippen LogP contribution in [0.25, 0.3) is 11.0 Å². The maximum Gasteiger partial charge on any atom is -0.412 e. The Hall–Kier alpha value is -2.44. The van der Waals surface area contributed by atoms with Crippen molar-refractivity contribution in [2.45, 2.75) is 25.3 Å². The summed E-state index contributed by atoms with van der Waals surface area (Å²) in [5, 5.41) is 0. The molecule has 3 radical (unpaired) electrons. The van der Waals surface area contributed by atoms with Gasteiger partial charge in [0.15, 0.2) is 0 Å². The fraction of sp³-hybridized carbons (Fsp3) is 0.364. The Bertz CT molecular complexity index is 1060. The van der Waals surface area contributed by atoms with Crippen LogP contribution in [-0.2, 0) is 4.79 Å². The third-order valence-corrected chi connectivity index (χ3v) is 6.52. The smallest absolute Gasteiger partial charge is 0.412 e. The van der Waals surface area contributed by atoms with Crippen molar-refractivity contribution in [3.05, 3.63) is 59.0 Å². The van der Waals surface area contributed by atoms with E-state index in [2.05, 4.69) is 9.88 Å². The standard InChI is InChI=1S/C22H25GeN4O2.3H2O/c1-25(17-8-6-16(23)7-9-17)21(28)12-15-26-13-10-18(11-14-26)27-20-5-3-2-4-19(20)24-22(27)29;;;/h2-9,18H,10-15H2,1H3,(H,24,29);3*1H2. The van der Waals surface area contributed by atoms with E-state index in [1.54, 1.807) is 4.90 Å². The van der Waals surface area contributed by atoms with Crippen LogP contribution < -0.4 is 15.0 Å². The molecule has 1 amide bonds. The second-order valence-electron chi connectivity index (χ2n) is 7.64. The molecular formula is C22H31GeN4O5. The van der Waals surface area contributed by atoms with Crippen LogP contribution in [0.4, 0.5) is 5.69 Å². The van der Waals surface area contributed by atoms with Crippen LogP contribution in [-0.4, -0.2) is 80.0 Å². The van der Waals surface area contributed by atoms with Gasteiger partial charge in [-0.1, -0.05) is 12.1 Å². The Morgan fingerprint density at radius 1 is 1.06 bits per heavy atom. The first-order valence-electron chi connectivity index (χ1n) is 10.0. The normalized spacial score (nSPS) is 14.2. The molecule has 1 aliphatic rings. The monoisotopic (exact) mass is 505 g/mol. The number of piperidine rings is 1. The summed E-state index contributed by atoms with van der Waals surface area (Å²) in [6.45, 7) is 2.56. The van der Waals surface area contributed by atoms with Crippen molar-refractivity contribution in [3.8, 4) is 0 Å². The number of fused-ring (bicyclic) bond motifs is 1. The Labute approximate surface area is 195 Å². The molecule has 0 saturated carbocycles. The van der Waals surface area contributed by atoms with Gasteiger partial charge in [0.1, 0.15) is 0 Å². The molecule has 2 aromatic carbocycles. The molecule has 3 aromatic rings. The van der Waals surface area contributed by atoms with E-state index in [1.165, 1.54) is 4.40 Å². The predicted molar refractivity (Wildman–Crippen MR) is 128 cm³/mol. The topological polar surface area (TPSA) is 156 Å². The summed E-state index contributed by atoms with van der Waals surface area (Å²) in [6.07, 6.45) is 2.34.